The van der Waals surface area contributed by atoms with E-state index in [1.807, 2.05) is 0 Å². The van der Waals surface area contributed by atoms with Gasteiger partial charge in [-0.2, -0.15) is 0 Å². The van der Waals surface area contributed by atoms with Crippen LogP contribution in [-0.2, 0) is 14.6 Å². The van der Waals surface area contributed by atoms with Crippen LogP contribution >= 0.6 is 0 Å². The topological polar surface area (TPSA) is 104 Å². The van der Waals surface area contributed by atoms with Gasteiger partial charge in [-0.25, -0.2) is 17.6 Å². The molecule has 292 valence electrons. The first-order chi connectivity index (χ1) is 24.8. The van der Waals surface area contributed by atoms with E-state index in [0.29, 0.717) is 43.3 Å². The Morgan fingerprint density at radius 2 is 1.68 bits per heavy atom. The van der Waals surface area contributed by atoms with Crippen LogP contribution in [0.25, 0.3) is 5.57 Å². The summed E-state index contributed by atoms with van der Waals surface area (Å²) in [6, 6.07) is 4.62. The van der Waals surface area contributed by atoms with Crippen LogP contribution in [0, 0.1) is 62.5 Å². The molecule has 0 bridgehead atoms. The second-order valence-electron chi connectivity index (χ2n) is 19.5. The number of halogens is 1. The first kappa shape index (κ1) is 38.7. The van der Waals surface area contributed by atoms with Crippen molar-refractivity contribution in [1.29, 1.82) is 0 Å². The van der Waals surface area contributed by atoms with Crippen LogP contribution in [0.3, 0.4) is 0 Å². The molecule has 6 aliphatic rings. The fourth-order valence-electron chi connectivity index (χ4n) is 14.1. The van der Waals surface area contributed by atoms with Crippen LogP contribution in [0.1, 0.15) is 122 Å². The summed E-state index contributed by atoms with van der Waals surface area (Å²) in [5, 5.41) is 12.8. The number of carboxylic acids is 1. The molecular formula is C44H63FN2O5S. The first-order valence-electron chi connectivity index (χ1n) is 20.4. The van der Waals surface area contributed by atoms with E-state index in [4.69, 9.17) is 0 Å². The zero-order chi connectivity index (χ0) is 38.4. The minimum absolute atomic E-state index is 0.0708. The van der Waals surface area contributed by atoms with Crippen molar-refractivity contribution < 1.29 is 27.5 Å². The molecule has 0 radical (unpaired) electrons. The van der Waals surface area contributed by atoms with Crippen molar-refractivity contribution in [2.24, 2.45) is 56.7 Å². The van der Waals surface area contributed by atoms with Crippen LogP contribution in [0.4, 0.5) is 4.39 Å². The summed E-state index contributed by atoms with van der Waals surface area (Å²) >= 11 is 0. The molecular weight excluding hydrogens is 688 g/mol. The van der Waals surface area contributed by atoms with Gasteiger partial charge in [-0.15, -0.1) is 0 Å². The van der Waals surface area contributed by atoms with E-state index in [1.165, 1.54) is 17.7 Å². The van der Waals surface area contributed by atoms with E-state index in [-0.39, 0.29) is 56.0 Å². The zero-order valence-corrected chi connectivity index (χ0v) is 33.8. The molecule has 9 heteroatoms. The Balaban J connectivity index is 1.12. The highest BCUT2D eigenvalue weighted by molar-refractivity contribution is 7.91. The SMILES string of the molecule is C=C(C)[C@@H]1CC[C@]2(C(=O)NCCCN3CCS(=O)(=O)CC3)CC[C@]3(C)[C@H](CC[C@@H]4[C@@]5(C)CC=C(c6ccc(C(=O)O)c(F)c6)C(C)(C)[C@@H]5CC[C@]43C)[C@@H]12. The van der Waals surface area contributed by atoms with E-state index >= 15 is 0 Å². The van der Waals surface area contributed by atoms with Crippen LogP contribution < -0.4 is 5.32 Å². The molecule has 53 heavy (non-hydrogen) atoms. The summed E-state index contributed by atoms with van der Waals surface area (Å²) in [6.07, 6.45) is 12.5. The van der Waals surface area contributed by atoms with Crippen LogP contribution in [0.5, 0.6) is 0 Å². The van der Waals surface area contributed by atoms with Gasteiger partial charge in [0.25, 0.3) is 0 Å². The number of carbonyl (C=O) groups excluding carboxylic acids is 1. The second kappa shape index (κ2) is 13.3. The molecule has 1 heterocycles. The standard InChI is InChI=1S/C44H63FN2O5S/c1-28(2)30-13-18-44(39(50)46-21-8-22-47-23-25-53(51,52)26-24-47)20-19-42(6)33(37(30)44)11-12-36-41(5)16-14-32(29-9-10-31(38(48)49)34(45)27-29)40(3,4)35(41)15-17-43(36,42)7/h9-10,14,27,30,33,35-37H,1,8,11-13,15-26H2,2-7H3,(H,46,50)(H,48,49)/t30-,33+,35-,36+,37+,41-,42+,43+,44-/m0/s1. The molecule has 1 aromatic carbocycles. The molecule has 1 aliphatic heterocycles. The lowest BCUT2D eigenvalue weighted by Crippen LogP contribution is -2.66. The predicted octanol–water partition coefficient (Wildman–Crippen LogP) is 8.41. The number of hydrogen-bond acceptors (Lipinski definition) is 5. The Kier molecular flexibility index (Phi) is 9.73. The summed E-state index contributed by atoms with van der Waals surface area (Å²) in [5.41, 5.74) is 2.56. The predicted molar refractivity (Wildman–Crippen MR) is 208 cm³/mol. The molecule has 0 unspecified atom stereocenters. The average molecular weight is 751 g/mol. The highest BCUT2D eigenvalue weighted by Gasteiger charge is 2.71. The normalized spacial score (nSPS) is 40.1. The van der Waals surface area contributed by atoms with E-state index in [2.05, 4.69) is 64.4 Å². The fraction of sp³-hybridized carbons (Fsp3) is 0.727. The number of carboxylic acid groups (broad SMARTS) is 1. The third-order valence-corrected chi connectivity index (χ3v) is 18.6. The highest BCUT2D eigenvalue weighted by atomic mass is 32.2. The number of fused-ring (bicyclic) bond motifs is 7. The average Bonchev–Trinajstić information content (AvgIpc) is 3.48. The van der Waals surface area contributed by atoms with Crippen molar-refractivity contribution in [3.8, 4) is 0 Å². The number of allylic oxidation sites excluding steroid dienone is 3. The summed E-state index contributed by atoms with van der Waals surface area (Å²) in [6.45, 7) is 21.6. The summed E-state index contributed by atoms with van der Waals surface area (Å²) < 4.78 is 38.7. The van der Waals surface area contributed by atoms with Crippen LogP contribution in [0.15, 0.2) is 36.4 Å². The number of aromatic carboxylic acids is 1. The Morgan fingerprint density at radius 1 is 0.962 bits per heavy atom. The highest BCUT2D eigenvalue weighted by Crippen LogP contribution is 2.77. The lowest BCUT2D eigenvalue weighted by atomic mass is 9.32. The maximum atomic E-state index is 14.9. The quantitative estimate of drug-likeness (QED) is 0.204. The van der Waals surface area contributed by atoms with Gasteiger partial charge in [0.2, 0.25) is 5.91 Å². The third-order valence-electron chi connectivity index (χ3n) is 17.0. The van der Waals surface area contributed by atoms with Gasteiger partial charge in [0.15, 0.2) is 9.84 Å². The van der Waals surface area contributed by atoms with E-state index in [1.54, 1.807) is 6.07 Å². The Labute approximate surface area is 317 Å². The molecule has 1 aromatic rings. The largest absolute Gasteiger partial charge is 0.478 e. The van der Waals surface area contributed by atoms with Gasteiger partial charge < -0.3 is 15.3 Å². The van der Waals surface area contributed by atoms with Crippen molar-refractivity contribution in [3.05, 3.63) is 53.4 Å². The Morgan fingerprint density at radius 3 is 2.34 bits per heavy atom. The number of nitrogens with zero attached hydrogens (tertiary/aromatic N) is 1. The number of hydrogen-bond donors (Lipinski definition) is 2. The summed E-state index contributed by atoms with van der Waals surface area (Å²) in [4.78, 5) is 28.2. The van der Waals surface area contributed by atoms with Gasteiger partial charge in [0.1, 0.15) is 5.82 Å². The number of nitrogens with one attached hydrogen (secondary N) is 1. The number of benzene rings is 1. The molecule has 1 saturated heterocycles. The molecule has 4 saturated carbocycles. The van der Waals surface area contributed by atoms with Gasteiger partial charge in [-0.3, -0.25) is 4.79 Å². The van der Waals surface area contributed by atoms with E-state index in [0.717, 1.165) is 81.9 Å². The van der Waals surface area contributed by atoms with Gasteiger partial charge in [0, 0.05) is 19.6 Å². The molecule has 0 spiro atoms. The molecule has 9 atom stereocenters. The molecule has 7 nitrogen and oxygen atoms in total. The van der Waals surface area contributed by atoms with Gasteiger partial charge >= 0.3 is 5.97 Å². The second-order valence-corrected chi connectivity index (χ2v) is 21.8. The molecule has 7 rings (SSSR count). The van der Waals surface area contributed by atoms with Crippen LogP contribution in [0.2, 0.25) is 0 Å². The summed E-state index contributed by atoms with van der Waals surface area (Å²) in [5.74, 6) is 0.780. The Hall–Kier alpha value is -2.52. The molecule has 2 N–H and O–H groups in total. The van der Waals surface area contributed by atoms with E-state index < -0.39 is 21.6 Å². The van der Waals surface area contributed by atoms with Crippen molar-refractivity contribution >= 4 is 27.3 Å². The number of sulfone groups is 1. The van der Waals surface area contributed by atoms with Gasteiger partial charge in [0.05, 0.1) is 22.5 Å². The first-order valence-corrected chi connectivity index (χ1v) is 22.2. The van der Waals surface area contributed by atoms with E-state index in [9.17, 15) is 27.5 Å². The number of carbonyl (C=O) groups is 2. The van der Waals surface area contributed by atoms with Crippen molar-refractivity contribution in [3.63, 3.8) is 0 Å². The van der Waals surface area contributed by atoms with Crippen molar-refractivity contribution in [2.75, 3.05) is 37.7 Å². The van der Waals surface area contributed by atoms with Crippen LogP contribution in [-0.4, -0.2) is 68.0 Å². The van der Waals surface area contributed by atoms with Crippen molar-refractivity contribution in [1.82, 2.24) is 10.2 Å². The number of amides is 1. The minimum atomic E-state index is -2.90. The molecule has 1 amide bonds. The van der Waals surface area contributed by atoms with Gasteiger partial charge in [-0.05, 0) is 152 Å². The monoisotopic (exact) mass is 750 g/mol. The number of rotatable bonds is 8. The molecule has 0 aromatic heterocycles. The lowest BCUT2D eigenvalue weighted by Gasteiger charge is -2.72. The van der Waals surface area contributed by atoms with Gasteiger partial charge in [-0.1, -0.05) is 58.9 Å². The zero-order valence-electron chi connectivity index (χ0n) is 33.0. The fourth-order valence-corrected chi connectivity index (χ4v) is 15.4. The summed E-state index contributed by atoms with van der Waals surface area (Å²) in [7, 11) is -2.90. The Bertz CT molecular complexity index is 1810. The maximum absolute atomic E-state index is 14.9. The lowest BCUT2D eigenvalue weighted by molar-refractivity contribution is -0.225. The smallest absolute Gasteiger partial charge is 0.338 e. The third kappa shape index (κ3) is 5.99. The molecule has 5 fully saturated rings. The van der Waals surface area contributed by atoms with Crippen molar-refractivity contribution in [2.45, 2.75) is 106 Å². The molecule has 5 aliphatic carbocycles. The minimum Gasteiger partial charge on any atom is -0.478 e. The maximum Gasteiger partial charge on any atom is 0.338 e.